The lowest BCUT2D eigenvalue weighted by molar-refractivity contribution is 1.09. The van der Waals surface area contributed by atoms with Crippen LogP contribution >= 0.6 is 34.2 Å². The molecule has 0 fully saturated rings. The maximum absolute atomic E-state index is 6.05. The topological polar surface area (TPSA) is 90.7 Å². The second-order valence-corrected chi connectivity index (χ2v) is 4.65. The van der Waals surface area contributed by atoms with E-state index in [4.69, 9.17) is 23.1 Å². The van der Waals surface area contributed by atoms with Crippen LogP contribution in [-0.4, -0.2) is 15.0 Å². The molecule has 1 aromatic heterocycles. The summed E-state index contributed by atoms with van der Waals surface area (Å²) in [6.07, 6.45) is 0. The molecule has 82 valence electrons. The molecule has 0 bridgehead atoms. The fraction of sp³-hybridized carbons (Fsp3) is 0. The highest BCUT2D eigenvalue weighted by molar-refractivity contribution is 14.1. The van der Waals surface area contributed by atoms with Crippen molar-refractivity contribution >= 4 is 46.1 Å². The molecule has 5 nitrogen and oxygen atoms in total. The summed E-state index contributed by atoms with van der Waals surface area (Å²) in [4.78, 5) is 11.7. The monoisotopic (exact) mass is 347 g/mol. The maximum atomic E-state index is 6.05. The molecule has 0 aliphatic rings. The van der Waals surface area contributed by atoms with Crippen LogP contribution in [0.25, 0.3) is 11.4 Å². The average Bonchev–Trinajstić information content (AvgIpc) is 2.20. The van der Waals surface area contributed by atoms with Crippen LogP contribution in [0.3, 0.4) is 0 Å². The van der Waals surface area contributed by atoms with Crippen LogP contribution in [0.1, 0.15) is 0 Å². The summed E-state index contributed by atoms with van der Waals surface area (Å²) in [6.45, 7) is 0. The third-order valence-corrected chi connectivity index (χ3v) is 2.84. The first kappa shape index (κ1) is 11.3. The predicted molar refractivity (Wildman–Crippen MR) is 71.8 cm³/mol. The maximum Gasteiger partial charge on any atom is 0.225 e. The van der Waals surface area contributed by atoms with E-state index in [2.05, 4.69) is 37.5 Å². The lowest BCUT2D eigenvalue weighted by Crippen LogP contribution is -2.04. The molecule has 0 aliphatic carbocycles. The molecule has 7 heteroatoms. The van der Waals surface area contributed by atoms with E-state index >= 15 is 0 Å². The van der Waals surface area contributed by atoms with Crippen LogP contribution in [-0.2, 0) is 0 Å². The summed E-state index contributed by atoms with van der Waals surface area (Å²) < 4.78 is 1.02. The average molecular weight is 348 g/mol. The van der Waals surface area contributed by atoms with Crippen LogP contribution in [0.5, 0.6) is 0 Å². The second-order valence-electron chi connectivity index (χ2n) is 3.00. The Balaban J connectivity index is 2.62. The van der Waals surface area contributed by atoms with Gasteiger partial charge in [-0.25, -0.2) is 0 Å². The van der Waals surface area contributed by atoms with Crippen molar-refractivity contribution in [3.63, 3.8) is 0 Å². The quantitative estimate of drug-likeness (QED) is 0.770. The lowest BCUT2D eigenvalue weighted by Gasteiger charge is -2.04. The molecule has 0 saturated heterocycles. The van der Waals surface area contributed by atoms with E-state index in [0.717, 1.165) is 3.57 Å². The number of aromatic nitrogens is 3. The fourth-order valence-corrected chi connectivity index (χ4v) is 1.89. The van der Waals surface area contributed by atoms with Crippen LogP contribution in [0.2, 0.25) is 5.02 Å². The van der Waals surface area contributed by atoms with Crippen LogP contribution in [0.15, 0.2) is 18.2 Å². The molecule has 2 rings (SSSR count). The van der Waals surface area contributed by atoms with E-state index in [1.807, 2.05) is 12.1 Å². The molecule has 0 amide bonds. The molecule has 16 heavy (non-hydrogen) atoms. The Labute approximate surface area is 110 Å². The number of nitrogen functional groups attached to an aromatic ring is 2. The van der Waals surface area contributed by atoms with Gasteiger partial charge in [0.1, 0.15) is 0 Å². The molecule has 0 atom stereocenters. The van der Waals surface area contributed by atoms with Crippen molar-refractivity contribution in [1.82, 2.24) is 15.0 Å². The SMILES string of the molecule is Nc1nc(N)nc(-c2cc(I)ccc2Cl)n1. The van der Waals surface area contributed by atoms with Crippen molar-refractivity contribution in [3.8, 4) is 11.4 Å². The van der Waals surface area contributed by atoms with Gasteiger partial charge in [0, 0.05) is 9.13 Å². The number of rotatable bonds is 1. The van der Waals surface area contributed by atoms with E-state index in [9.17, 15) is 0 Å². The van der Waals surface area contributed by atoms with E-state index in [-0.39, 0.29) is 11.9 Å². The molecule has 1 heterocycles. The van der Waals surface area contributed by atoms with Crippen LogP contribution < -0.4 is 11.5 Å². The first-order valence-corrected chi connectivity index (χ1v) is 5.74. The highest BCUT2D eigenvalue weighted by Crippen LogP contribution is 2.27. The fourth-order valence-electron chi connectivity index (χ4n) is 1.20. The minimum atomic E-state index is 0.0810. The van der Waals surface area contributed by atoms with Gasteiger partial charge in [-0.2, -0.15) is 15.0 Å². The van der Waals surface area contributed by atoms with Crippen LogP contribution in [0.4, 0.5) is 11.9 Å². The van der Waals surface area contributed by atoms with E-state index in [0.29, 0.717) is 16.4 Å². The summed E-state index contributed by atoms with van der Waals surface area (Å²) in [5.41, 5.74) is 11.7. The summed E-state index contributed by atoms with van der Waals surface area (Å²) >= 11 is 8.22. The standard InChI is InChI=1S/C9H7ClIN5/c10-6-2-1-4(11)3-5(6)7-14-8(12)16-9(13)15-7/h1-3H,(H4,12,13,14,15,16). The Morgan fingerprint density at radius 1 is 1.06 bits per heavy atom. The molecule has 0 radical (unpaired) electrons. The van der Waals surface area contributed by atoms with Crippen molar-refractivity contribution in [2.75, 3.05) is 11.5 Å². The summed E-state index contributed by atoms with van der Waals surface area (Å²) in [6, 6.07) is 5.52. The number of nitrogens with two attached hydrogens (primary N) is 2. The molecule has 4 N–H and O–H groups in total. The lowest BCUT2D eigenvalue weighted by atomic mass is 10.2. The normalized spacial score (nSPS) is 10.4. The van der Waals surface area contributed by atoms with Crippen molar-refractivity contribution < 1.29 is 0 Å². The number of nitrogens with zero attached hydrogens (tertiary/aromatic N) is 3. The highest BCUT2D eigenvalue weighted by Gasteiger charge is 2.09. The summed E-state index contributed by atoms with van der Waals surface area (Å²) in [5, 5.41) is 0.547. The summed E-state index contributed by atoms with van der Waals surface area (Å²) in [7, 11) is 0. The van der Waals surface area contributed by atoms with Gasteiger partial charge in [0.2, 0.25) is 11.9 Å². The molecule has 0 aliphatic heterocycles. The van der Waals surface area contributed by atoms with Gasteiger partial charge in [-0.1, -0.05) is 11.6 Å². The van der Waals surface area contributed by atoms with Crippen molar-refractivity contribution in [2.45, 2.75) is 0 Å². The highest BCUT2D eigenvalue weighted by atomic mass is 127. The van der Waals surface area contributed by atoms with Crippen LogP contribution in [0, 0.1) is 3.57 Å². The molecule has 0 spiro atoms. The molecule has 1 aromatic carbocycles. The third-order valence-electron chi connectivity index (χ3n) is 1.84. The van der Waals surface area contributed by atoms with E-state index in [1.54, 1.807) is 6.07 Å². The molecular weight excluding hydrogens is 340 g/mol. The number of benzene rings is 1. The minimum Gasteiger partial charge on any atom is -0.368 e. The zero-order chi connectivity index (χ0) is 11.7. The van der Waals surface area contributed by atoms with Crippen molar-refractivity contribution in [1.29, 1.82) is 0 Å². The second kappa shape index (κ2) is 4.38. The molecule has 0 saturated carbocycles. The predicted octanol–water partition coefficient (Wildman–Crippen LogP) is 1.96. The van der Waals surface area contributed by atoms with Gasteiger partial charge < -0.3 is 11.5 Å². The van der Waals surface area contributed by atoms with Crippen molar-refractivity contribution in [2.24, 2.45) is 0 Å². The Morgan fingerprint density at radius 3 is 2.31 bits per heavy atom. The van der Waals surface area contributed by atoms with Gasteiger partial charge in [0.25, 0.3) is 0 Å². The minimum absolute atomic E-state index is 0.0810. The molecule has 0 unspecified atom stereocenters. The number of anilines is 2. The van der Waals surface area contributed by atoms with E-state index < -0.39 is 0 Å². The Morgan fingerprint density at radius 2 is 1.69 bits per heavy atom. The Kier molecular flexibility index (Phi) is 3.10. The molecule has 2 aromatic rings. The smallest absolute Gasteiger partial charge is 0.225 e. The first-order chi connectivity index (χ1) is 7.56. The zero-order valence-electron chi connectivity index (χ0n) is 7.98. The zero-order valence-corrected chi connectivity index (χ0v) is 10.9. The van der Waals surface area contributed by atoms with E-state index in [1.165, 1.54) is 0 Å². The molecular formula is C9H7ClIN5. The first-order valence-electron chi connectivity index (χ1n) is 4.28. The van der Waals surface area contributed by atoms with Gasteiger partial charge >= 0.3 is 0 Å². The van der Waals surface area contributed by atoms with Gasteiger partial charge in [-0.05, 0) is 40.8 Å². The van der Waals surface area contributed by atoms with Crippen molar-refractivity contribution in [3.05, 3.63) is 26.8 Å². The number of hydrogen-bond donors (Lipinski definition) is 2. The van der Waals surface area contributed by atoms with Gasteiger partial charge in [0.05, 0.1) is 5.02 Å². The largest absolute Gasteiger partial charge is 0.368 e. The van der Waals surface area contributed by atoms with Gasteiger partial charge in [-0.3, -0.25) is 0 Å². The number of halogens is 2. The Bertz CT molecular complexity index is 525. The van der Waals surface area contributed by atoms with Gasteiger partial charge in [-0.15, -0.1) is 0 Å². The third kappa shape index (κ3) is 2.33. The Hall–Kier alpha value is -1.15. The summed E-state index contributed by atoms with van der Waals surface area (Å²) in [5.74, 6) is 0.545. The number of hydrogen-bond acceptors (Lipinski definition) is 5. The van der Waals surface area contributed by atoms with Gasteiger partial charge in [0.15, 0.2) is 5.82 Å².